The van der Waals surface area contributed by atoms with Gasteiger partial charge in [0.2, 0.25) is 0 Å². The molecular formula is C23H28Cl2N2O3S2. The molecular weight excluding hydrogens is 487 g/mol. The van der Waals surface area contributed by atoms with E-state index in [1.165, 1.54) is 11.3 Å². The van der Waals surface area contributed by atoms with Crippen molar-refractivity contribution >= 4 is 60.3 Å². The number of thiophene rings is 1. The van der Waals surface area contributed by atoms with Gasteiger partial charge in [-0.25, -0.2) is 8.42 Å². The molecule has 3 aromatic rings. The smallest absolute Gasteiger partial charge is 0.271 e. The summed E-state index contributed by atoms with van der Waals surface area (Å²) in [6.45, 7) is 11.6. The van der Waals surface area contributed by atoms with Crippen LogP contribution in [0.25, 0.3) is 10.1 Å². The molecule has 0 spiro atoms. The average Bonchev–Trinajstić information content (AvgIpc) is 3.03. The Labute approximate surface area is 204 Å². The maximum Gasteiger partial charge on any atom is 0.271 e. The number of aryl methyl sites for hydroxylation is 1. The SMILES string of the molecule is Cc1c(S(=O)(=O)Nc2ccc(Cl)c(OCCN(C(C)C)C(C)C)c2)sc2ccc(Cl)cc12. The number of benzene rings is 2. The Morgan fingerprint density at radius 1 is 1.06 bits per heavy atom. The molecule has 0 aliphatic carbocycles. The standard InChI is InChI=1S/C23H28Cl2N2O3S2/c1-14(2)27(15(3)4)10-11-30-21-13-18(7-8-20(21)25)26-32(28,29)23-16(5)19-12-17(24)6-9-22(19)31-23/h6-9,12-15,26H,10-11H2,1-5H3. The van der Waals surface area contributed by atoms with Crippen molar-refractivity contribution in [1.29, 1.82) is 0 Å². The minimum absolute atomic E-state index is 0.261. The summed E-state index contributed by atoms with van der Waals surface area (Å²) in [6, 6.07) is 11.0. The van der Waals surface area contributed by atoms with Gasteiger partial charge in [0.25, 0.3) is 10.0 Å². The Balaban J connectivity index is 1.78. The van der Waals surface area contributed by atoms with Crippen molar-refractivity contribution in [2.75, 3.05) is 17.9 Å². The third kappa shape index (κ3) is 5.69. The number of nitrogens with zero attached hydrogens (tertiary/aromatic N) is 1. The summed E-state index contributed by atoms with van der Waals surface area (Å²) in [5, 5.41) is 1.84. The molecule has 0 bridgehead atoms. The highest BCUT2D eigenvalue weighted by Gasteiger charge is 2.22. The quantitative estimate of drug-likeness (QED) is 0.340. The predicted octanol–water partition coefficient (Wildman–Crippen LogP) is 6.81. The second kappa shape index (κ2) is 10.2. The number of sulfonamides is 1. The number of nitrogens with one attached hydrogen (secondary N) is 1. The third-order valence-electron chi connectivity index (χ3n) is 5.22. The molecule has 1 aromatic heterocycles. The van der Waals surface area contributed by atoms with Crippen LogP contribution in [-0.2, 0) is 10.0 Å². The zero-order chi connectivity index (χ0) is 23.6. The molecule has 0 atom stereocenters. The molecule has 174 valence electrons. The van der Waals surface area contributed by atoms with E-state index in [-0.39, 0.29) is 4.21 Å². The third-order valence-corrected chi connectivity index (χ3v) is 9.04. The summed E-state index contributed by atoms with van der Waals surface area (Å²) in [5.74, 6) is 0.444. The molecule has 0 saturated carbocycles. The van der Waals surface area contributed by atoms with Crippen LogP contribution in [0.4, 0.5) is 5.69 Å². The first-order chi connectivity index (χ1) is 15.0. The zero-order valence-electron chi connectivity index (χ0n) is 18.8. The lowest BCUT2D eigenvalue weighted by molar-refractivity contribution is 0.142. The van der Waals surface area contributed by atoms with Gasteiger partial charge in [-0.2, -0.15) is 0 Å². The molecule has 0 unspecified atom stereocenters. The number of ether oxygens (including phenoxy) is 1. The van der Waals surface area contributed by atoms with Crippen molar-refractivity contribution in [1.82, 2.24) is 4.90 Å². The van der Waals surface area contributed by atoms with E-state index in [2.05, 4.69) is 37.3 Å². The van der Waals surface area contributed by atoms with Gasteiger partial charge in [0.05, 0.1) is 10.7 Å². The van der Waals surface area contributed by atoms with Gasteiger partial charge in [0, 0.05) is 34.4 Å². The van der Waals surface area contributed by atoms with Gasteiger partial charge in [0.1, 0.15) is 16.6 Å². The molecule has 0 saturated heterocycles. The summed E-state index contributed by atoms with van der Waals surface area (Å²) < 4.78 is 35.9. The minimum atomic E-state index is -3.79. The normalized spacial score (nSPS) is 12.3. The van der Waals surface area contributed by atoms with Crippen molar-refractivity contribution in [3.8, 4) is 5.75 Å². The number of hydrogen-bond donors (Lipinski definition) is 1. The molecule has 0 aliphatic heterocycles. The minimum Gasteiger partial charge on any atom is -0.491 e. The van der Waals surface area contributed by atoms with Gasteiger partial charge in [-0.05, 0) is 75.9 Å². The molecule has 9 heteroatoms. The largest absolute Gasteiger partial charge is 0.491 e. The number of rotatable bonds is 9. The van der Waals surface area contributed by atoms with Crippen LogP contribution in [-0.4, -0.2) is 38.6 Å². The van der Waals surface area contributed by atoms with Gasteiger partial charge in [-0.3, -0.25) is 9.62 Å². The van der Waals surface area contributed by atoms with E-state index >= 15 is 0 Å². The molecule has 0 aliphatic rings. The highest BCUT2D eigenvalue weighted by Crippen LogP contribution is 2.37. The summed E-state index contributed by atoms with van der Waals surface area (Å²) in [5.41, 5.74) is 1.07. The van der Waals surface area contributed by atoms with Crippen molar-refractivity contribution in [3.05, 3.63) is 52.0 Å². The van der Waals surface area contributed by atoms with Crippen molar-refractivity contribution in [3.63, 3.8) is 0 Å². The van der Waals surface area contributed by atoms with Gasteiger partial charge >= 0.3 is 0 Å². The highest BCUT2D eigenvalue weighted by atomic mass is 35.5. The van der Waals surface area contributed by atoms with E-state index in [1.807, 2.05) is 6.07 Å². The van der Waals surface area contributed by atoms with E-state index in [9.17, 15) is 8.42 Å². The van der Waals surface area contributed by atoms with Crippen LogP contribution < -0.4 is 9.46 Å². The molecule has 32 heavy (non-hydrogen) atoms. The van der Waals surface area contributed by atoms with Gasteiger partial charge in [-0.15, -0.1) is 11.3 Å². The fourth-order valence-corrected chi connectivity index (χ4v) is 6.82. The Kier molecular flexibility index (Phi) is 7.99. The number of anilines is 1. The lowest BCUT2D eigenvalue weighted by atomic mass is 10.2. The van der Waals surface area contributed by atoms with Gasteiger partial charge in [0.15, 0.2) is 0 Å². The van der Waals surface area contributed by atoms with Gasteiger partial charge < -0.3 is 4.74 Å². The molecule has 3 rings (SSSR count). The topological polar surface area (TPSA) is 58.6 Å². The van der Waals surface area contributed by atoms with Gasteiger partial charge in [-0.1, -0.05) is 23.2 Å². The number of fused-ring (bicyclic) bond motifs is 1. The molecule has 5 nitrogen and oxygen atoms in total. The first-order valence-corrected chi connectivity index (χ1v) is 13.4. The lowest BCUT2D eigenvalue weighted by Gasteiger charge is -2.30. The summed E-state index contributed by atoms with van der Waals surface area (Å²) in [6.07, 6.45) is 0. The highest BCUT2D eigenvalue weighted by molar-refractivity contribution is 7.94. The first kappa shape index (κ1) is 25.1. The van der Waals surface area contributed by atoms with Crippen molar-refractivity contribution in [2.24, 2.45) is 0 Å². The summed E-state index contributed by atoms with van der Waals surface area (Å²) in [4.78, 5) is 2.32. The Hall–Kier alpha value is -1.51. The lowest BCUT2D eigenvalue weighted by Crippen LogP contribution is -2.39. The van der Waals surface area contributed by atoms with E-state index < -0.39 is 10.0 Å². The fraction of sp³-hybridized carbons (Fsp3) is 0.391. The van der Waals surface area contributed by atoms with Crippen LogP contribution in [0.1, 0.15) is 33.3 Å². The molecule has 1 N–H and O–H groups in total. The maximum atomic E-state index is 13.1. The monoisotopic (exact) mass is 514 g/mol. The molecule has 0 radical (unpaired) electrons. The van der Waals surface area contributed by atoms with Crippen LogP contribution in [0, 0.1) is 6.92 Å². The predicted molar refractivity (Wildman–Crippen MR) is 136 cm³/mol. The van der Waals surface area contributed by atoms with E-state index in [4.69, 9.17) is 27.9 Å². The fourth-order valence-electron chi connectivity index (χ4n) is 3.68. The average molecular weight is 516 g/mol. The first-order valence-electron chi connectivity index (χ1n) is 10.4. The van der Waals surface area contributed by atoms with Crippen LogP contribution in [0.15, 0.2) is 40.6 Å². The van der Waals surface area contributed by atoms with Crippen LogP contribution in [0.3, 0.4) is 0 Å². The Morgan fingerprint density at radius 3 is 2.41 bits per heavy atom. The Morgan fingerprint density at radius 2 is 1.75 bits per heavy atom. The van der Waals surface area contributed by atoms with Crippen molar-refractivity contribution in [2.45, 2.75) is 50.9 Å². The molecule has 2 aromatic carbocycles. The Bertz CT molecular complexity index is 1200. The second-order valence-electron chi connectivity index (χ2n) is 8.18. The second-order valence-corrected chi connectivity index (χ2v) is 12.0. The van der Waals surface area contributed by atoms with Crippen LogP contribution in [0.5, 0.6) is 5.75 Å². The maximum absolute atomic E-state index is 13.1. The van der Waals surface area contributed by atoms with Crippen molar-refractivity contribution < 1.29 is 13.2 Å². The van der Waals surface area contributed by atoms with E-state index in [0.717, 1.165) is 16.6 Å². The molecule has 0 amide bonds. The summed E-state index contributed by atoms with van der Waals surface area (Å²) >= 11 is 13.6. The molecule has 0 fully saturated rings. The zero-order valence-corrected chi connectivity index (χ0v) is 21.9. The number of hydrogen-bond acceptors (Lipinski definition) is 5. The molecule has 1 heterocycles. The summed E-state index contributed by atoms with van der Waals surface area (Å²) in [7, 11) is -3.79. The van der Waals surface area contributed by atoms with E-state index in [1.54, 1.807) is 37.3 Å². The van der Waals surface area contributed by atoms with Crippen LogP contribution in [0.2, 0.25) is 10.0 Å². The van der Waals surface area contributed by atoms with Crippen LogP contribution >= 0.6 is 34.5 Å². The van der Waals surface area contributed by atoms with E-state index in [0.29, 0.717) is 45.7 Å². The number of halogens is 2.